The Balaban J connectivity index is 1.79. The summed E-state index contributed by atoms with van der Waals surface area (Å²) < 4.78 is 0. The van der Waals surface area contributed by atoms with E-state index >= 15 is 0 Å². The summed E-state index contributed by atoms with van der Waals surface area (Å²) in [6, 6.07) is 0.258. The first-order valence-corrected chi connectivity index (χ1v) is 7.86. The highest BCUT2D eigenvalue weighted by Crippen LogP contribution is 2.39. The van der Waals surface area contributed by atoms with Gasteiger partial charge in [-0.1, -0.05) is 6.92 Å². The molecule has 0 bridgehead atoms. The molecule has 3 aliphatic rings. The topological polar surface area (TPSA) is 61.4 Å². The molecule has 0 spiro atoms. The highest BCUT2D eigenvalue weighted by atomic mass is 16.2. The molecular weight excluding hydrogens is 254 g/mol. The molecule has 2 heterocycles. The molecule has 5 heteroatoms. The zero-order valence-electron chi connectivity index (χ0n) is 12.4. The second-order valence-corrected chi connectivity index (χ2v) is 6.88. The highest BCUT2D eigenvalue weighted by Gasteiger charge is 2.46. The minimum atomic E-state index is -0.458. The minimum Gasteiger partial charge on any atom is -0.343 e. The Morgan fingerprint density at radius 3 is 2.60 bits per heavy atom. The second-order valence-electron chi connectivity index (χ2n) is 6.88. The van der Waals surface area contributed by atoms with Gasteiger partial charge >= 0.3 is 11.8 Å². The van der Waals surface area contributed by atoms with Crippen molar-refractivity contribution in [3.05, 3.63) is 0 Å². The van der Waals surface area contributed by atoms with Crippen LogP contribution in [-0.2, 0) is 9.59 Å². The van der Waals surface area contributed by atoms with E-state index in [1.807, 2.05) is 0 Å². The van der Waals surface area contributed by atoms with E-state index in [2.05, 4.69) is 29.5 Å². The number of nitrogens with zero attached hydrogens (tertiary/aromatic N) is 1. The maximum Gasteiger partial charge on any atom is 0.309 e. The van der Waals surface area contributed by atoms with Crippen LogP contribution in [0.25, 0.3) is 0 Å². The van der Waals surface area contributed by atoms with Gasteiger partial charge in [-0.2, -0.15) is 0 Å². The number of rotatable bonds is 1. The van der Waals surface area contributed by atoms with Crippen LogP contribution in [0.4, 0.5) is 0 Å². The minimum absolute atomic E-state index is 0.125. The van der Waals surface area contributed by atoms with Crippen molar-refractivity contribution in [1.82, 2.24) is 15.5 Å². The van der Waals surface area contributed by atoms with E-state index in [1.54, 1.807) is 0 Å². The first kappa shape index (κ1) is 13.9. The predicted molar refractivity (Wildman–Crippen MR) is 76.0 cm³/mol. The number of carbonyl (C=O) groups excluding carboxylic acids is 2. The molecular formula is C15H25N3O2. The van der Waals surface area contributed by atoms with Crippen molar-refractivity contribution in [1.29, 1.82) is 0 Å². The fraction of sp³-hybridized carbons (Fsp3) is 0.867. The van der Waals surface area contributed by atoms with Crippen molar-refractivity contribution in [3.8, 4) is 0 Å². The van der Waals surface area contributed by atoms with Crippen molar-refractivity contribution < 1.29 is 9.59 Å². The molecule has 5 nitrogen and oxygen atoms in total. The zero-order chi connectivity index (χ0) is 14.3. The number of nitrogens with one attached hydrogen (secondary N) is 2. The summed E-state index contributed by atoms with van der Waals surface area (Å²) >= 11 is 0. The first-order valence-electron chi connectivity index (χ1n) is 7.86. The summed E-state index contributed by atoms with van der Waals surface area (Å²) in [6.45, 7) is 4.59. The Morgan fingerprint density at radius 2 is 1.85 bits per heavy atom. The number of fused-ring (bicyclic) bond motifs is 1. The lowest BCUT2D eigenvalue weighted by atomic mass is 9.66. The molecule has 0 aromatic heterocycles. The number of hydrogen-bond acceptors (Lipinski definition) is 3. The average molecular weight is 279 g/mol. The third-order valence-corrected chi connectivity index (χ3v) is 5.46. The van der Waals surface area contributed by atoms with Crippen LogP contribution in [0.2, 0.25) is 0 Å². The van der Waals surface area contributed by atoms with Gasteiger partial charge in [0.1, 0.15) is 0 Å². The van der Waals surface area contributed by atoms with E-state index in [4.69, 9.17) is 0 Å². The maximum absolute atomic E-state index is 11.7. The lowest BCUT2D eigenvalue weighted by molar-refractivity contribution is -0.144. The van der Waals surface area contributed by atoms with E-state index < -0.39 is 11.8 Å². The predicted octanol–water partition coefficient (Wildman–Crippen LogP) is 0.358. The van der Waals surface area contributed by atoms with Crippen molar-refractivity contribution >= 4 is 11.8 Å². The monoisotopic (exact) mass is 279 g/mol. The lowest BCUT2D eigenvalue weighted by Gasteiger charge is -2.49. The molecule has 3 fully saturated rings. The fourth-order valence-electron chi connectivity index (χ4n) is 4.52. The van der Waals surface area contributed by atoms with Gasteiger partial charge in [-0.15, -0.1) is 0 Å². The normalized spacial score (nSPS) is 42.6. The van der Waals surface area contributed by atoms with Crippen LogP contribution in [0, 0.1) is 17.8 Å². The Labute approximate surface area is 120 Å². The van der Waals surface area contributed by atoms with Crippen molar-refractivity contribution in [2.75, 3.05) is 20.1 Å². The van der Waals surface area contributed by atoms with Gasteiger partial charge < -0.3 is 15.5 Å². The van der Waals surface area contributed by atoms with E-state index in [1.165, 1.54) is 19.4 Å². The van der Waals surface area contributed by atoms with Crippen LogP contribution in [0.5, 0.6) is 0 Å². The molecule has 2 N–H and O–H groups in total. The third kappa shape index (κ3) is 2.43. The number of likely N-dealkylation sites (tertiary alicyclic amines) is 1. The van der Waals surface area contributed by atoms with Crippen LogP contribution in [-0.4, -0.2) is 48.9 Å². The van der Waals surface area contributed by atoms with Gasteiger partial charge in [-0.05, 0) is 57.0 Å². The summed E-state index contributed by atoms with van der Waals surface area (Å²) in [7, 11) is 2.18. The Morgan fingerprint density at radius 1 is 1.10 bits per heavy atom. The van der Waals surface area contributed by atoms with Crippen LogP contribution in [0.15, 0.2) is 0 Å². The summed E-state index contributed by atoms with van der Waals surface area (Å²) in [5.74, 6) is 0.825. The number of carbonyl (C=O) groups is 2. The van der Waals surface area contributed by atoms with Gasteiger partial charge in [0.05, 0.1) is 6.04 Å². The molecule has 112 valence electrons. The summed E-state index contributed by atoms with van der Waals surface area (Å²) in [5, 5.41) is 5.90. The number of amides is 2. The molecule has 2 saturated heterocycles. The van der Waals surface area contributed by atoms with Crippen LogP contribution < -0.4 is 10.6 Å². The summed E-state index contributed by atoms with van der Waals surface area (Å²) in [6.07, 6.45) is 4.60. The summed E-state index contributed by atoms with van der Waals surface area (Å²) in [5.41, 5.74) is 0. The fourth-order valence-corrected chi connectivity index (χ4v) is 4.52. The SMILES string of the molecule is CC1CCC2NC(=O)C(=O)NC2C1C1CCCN(C)C1. The first-order chi connectivity index (χ1) is 9.56. The Hall–Kier alpha value is -1.10. The average Bonchev–Trinajstić information content (AvgIpc) is 2.40. The van der Waals surface area contributed by atoms with Crippen LogP contribution in [0.3, 0.4) is 0 Å². The molecule has 0 aromatic rings. The quantitative estimate of drug-likeness (QED) is 0.681. The molecule has 3 rings (SSSR count). The lowest BCUT2D eigenvalue weighted by Crippen LogP contribution is -2.67. The molecule has 5 atom stereocenters. The maximum atomic E-state index is 11.7. The van der Waals surface area contributed by atoms with Gasteiger partial charge in [0.15, 0.2) is 0 Å². The van der Waals surface area contributed by atoms with Gasteiger partial charge in [0, 0.05) is 12.6 Å². The van der Waals surface area contributed by atoms with E-state index in [0.29, 0.717) is 17.8 Å². The largest absolute Gasteiger partial charge is 0.343 e. The zero-order valence-corrected chi connectivity index (χ0v) is 12.4. The van der Waals surface area contributed by atoms with Gasteiger partial charge in [0.25, 0.3) is 0 Å². The van der Waals surface area contributed by atoms with Crippen LogP contribution in [0.1, 0.15) is 32.6 Å². The van der Waals surface area contributed by atoms with E-state index in [-0.39, 0.29) is 12.1 Å². The van der Waals surface area contributed by atoms with Crippen molar-refractivity contribution in [2.45, 2.75) is 44.7 Å². The third-order valence-electron chi connectivity index (χ3n) is 5.46. The molecule has 5 unspecified atom stereocenters. The molecule has 0 aromatic carbocycles. The van der Waals surface area contributed by atoms with E-state index in [9.17, 15) is 9.59 Å². The van der Waals surface area contributed by atoms with Crippen molar-refractivity contribution in [2.24, 2.45) is 17.8 Å². The smallest absolute Gasteiger partial charge is 0.309 e. The standard InChI is InChI=1S/C15H25N3O2/c1-9-5-6-11-13(17-15(20)14(19)16-11)12(9)10-4-3-7-18(2)8-10/h9-13H,3-8H2,1-2H3,(H,16,19)(H,17,20). The van der Waals surface area contributed by atoms with Gasteiger partial charge in [0.2, 0.25) is 0 Å². The second kappa shape index (κ2) is 5.35. The molecule has 20 heavy (non-hydrogen) atoms. The van der Waals surface area contributed by atoms with E-state index in [0.717, 1.165) is 19.4 Å². The van der Waals surface area contributed by atoms with Gasteiger partial charge in [-0.25, -0.2) is 0 Å². The molecule has 1 aliphatic carbocycles. The Kier molecular flexibility index (Phi) is 3.71. The number of hydrogen-bond donors (Lipinski definition) is 2. The van der Waals surface area contributed by atoms with Crippen LogP contribution >= 0.6 is 0 Å². The Bertz CT molecular complexity index is 412. The van der Waals surface area contributed by atoms with Crippen molar-refractivity contribution in [3.63, 3.8) is 0 Å². The molecule has 2 amide bonds. The highest BCUT2D eigenvalue weighted by molar-refractivity contribution is 6.35. The molecule has 1 saturated carbocycles. The molecule has 2 aliphatic heterocycles. The van der Waals surface area contributed by atoms with Gasteiger partial charge in [-0.3, -0.25) is 9.59 Å². The number of piperazine rings is 1. The summed E-state index contributed by atoms with van der Waals surface area (Å²) in [4.78, 5) is 25.6. The molecule has 0 radical (unpaired) electrons. The number of piperidine rings is 1.